The summed E-state index contributed by atoms with van der Waals surface area (Å²) in [4.78, 5) is 0. The molecule has 0 radical (unpaired) electrons. The Morgan fingerprint density at radius 1 is 0.957 bits per heavy atom. The van der Waals surface area contributed by atoms with Gasteiger partial charge in [0.2, 0.25) is 0 Å². The highest BCUT2D eigenvalue weighted by Gasteiger charge is 2.55. The van der Waals surface area contributed by atoms with Gasteiger partial charge in [0, 0.05) is 14.1 Å². The van der Waals surface area contributed by atoms with Crippen LogP contribution >= 0.6 is 0 Å². The van der Waals surface area contributed by atoms with Crippen LogP contribution in [0.25, 0.3) is 6.08 Å². The maximum atomic E-state index is 12.5. The molecule has 23 heavy (non-hydrogen) atoms. The average Bonchev–Trinajstić information content (AvgIpc) is 3.30. The summed E-state index contributed by atoms with van der Waals surface area (Å²) in [7, 11) is -0.313. The van der Waals surface area contributed by atoms with Crippen LogP contribution in [0.15, 0.2) is 66.7 Å². The molecule has 4 nitrogen and oxygen atoms in total. The fourth-order valence-electron chi connectivity index (χ4n) is 2.67. The first kappa shape index (κ1) is 15.9. The Hall–Kier alpha value is -1.95. The molecular weight excluding hydrogens is 308 g/mol. The minimum Gasteiger partial charge on any atom is -0.195 e. The normalized spacial score (nSPS) is 24.2. The molecule has 1 aliphatic rings. The first-order chi connectivity index (χ1) is 11.0. The Morgan fingerprint density at radius 2 is 1.52 bits per heavy atom. The monoisotopic (exact) mass is 328 g/mol. The Kier molecular flexibility index (Phi) is 4.35. The first-order valence-corrected chi connectivity index (χ1v) is 8.90. The molecule has 0 spiro atoms. The SMILES string of the molecule is CN(C)S(=O)(=O)N1[C@H](/C=C/c2ccccc2)[C@H]1c1ccccc1. The molecule has 0 bridgehead atoms. The Morgan fingerprint density at radius 3 is 2.09 bits per heavy atom. The van der Waals surface area contributed by atoms with Crippen molar-refractivity contribution in [2.45, 2.75) is 12.1 Å². The number of benzene rings is 2. The molecule has 0 aliphatic carbocycles. The summed E-state index contributed by atoms with van der Waals surface area (Å²) in [6.07, 6.45) is 3.94. The van der Waals surface area contributed by atoms with E-state index in [2.05, 4.69) is 0 Å². The molecule has 1 aliphatic heterocycles. The molecule has 3 atom stereocenters. The maximum Gasteiger partial charge on any atom is 0.282 e. The molecule has 2 aromatic rings. The average molecular weight is 328 g/mol. The fourth-order valence-corrected chi connectivity index (χ4v) is 4.02. The number of rotatable bonds is 5. The molecule has 5 heteroatoms. The zero-order chi connectivity index (χ0) is 16.4. The predicted molar refractivity (Wildman–Crippen MR) is 92.9 cm³/mol. The van der Waals surface area contributed by atoms with Crippen molar-refractivity contribution < 1.29 is 8.42 Å². The molecule has 0 saturated carbocycles. The van der Waals surface area contributed by atoms with Crippen LogP contribution in [0.4, 0.5) is 0 Å². The van der Waals surface area contributed by atoms with Gasteiger partial charge in [-0.25, -0.2) is 0 Å². The van der Waals surface area contributed by atoms with Crippen LogP contribution in [0.2, 0.25) is 0 Å². The van der Waals surface area contributed by atoms with Crippen molar-refractivity contribution in [3.8, 4) is 0 Å². The molecule has 3 rings (SSSR count). The van der Waals surface area contributed by atoms with Crippen LogP contribution in [-0.2, 0) is 10.2 Å². The molecule has 0 amide bonds. The van der Waals surface area contributed by atoms with Crippen LogP contribution in [0.1, 0.15) is 17.2 Å². The van der Waals surface area contributed by atoms with Crippen molar-refractivity contribution in [2.24, 2.45) is 0 Å². The molecule has 1 saturated heterocycles. The minimum atomic E-state index is -3.44. The number of nitrogens with zero attached hydrogens (tertiary/aromatic N) is 2. The van der Waals surface area contributed by atoms with E-state index in [-0.39, 0.29) is 12.1 Å². The summed E-state index contributed by atoms with van der Waals surface area (Å²) in [6.45, 7) is 0. The van der Waals surface area contributed by atoms with Gasteiger partial charge >= 0.3 is 0 Å². The quantitative estimate of drug-likeness (QED) is 0.792. The van der Waals surface area contributed by atoms with Gasteiger partial charge in [-0.1, -0.05) is 72.8 Å². The topological polar surface area (TPSA) is 40.4 Å². The Bertz CT molecular complexity index is 786. The summed E-state index contributed by atoms with van der Waals surface area (Å²) in [6, 6.07) is 19.4. The van der Waals surface area contributed by atoms with Gasteiger partial charge in [0.05, 0.1) is 12.1 Å². The van der Waals surface area contributed by atoms with Gasteiger partial charge in [-0.15, -0.1) is 0 Å². The summed E-state index contributed by atoms with van der Waals surface area (Å²) in [5, 5.41) is 0. The van der Waals surface area contributed by atoms with E-state index in [9.17, 15) is 8.42 Å². The van der Waals surface area contributed by atoms with Crippen molar-refractivity contribution in [2.75, 3.05) is 14.1 Å². The predicted octanol–water partition coefficient (Wildman–Crippen LogP) is 2.93. The molecule has 2 aromatic carbocycles. The van der Waals surface area contributed by atoms with Gasteiger partial charge in [-0.3, -0.25) is 0 Å². The second kappa shape index (κ2) is 6.28. The lowest BCUT2D eigenvalue weighted by Gasteiger charge is -2.12. The maximum absolute atomic E-state index is 12.5. The van der Waals surface area contributed by atoms with Crippen molar-refractivity contribution in [1.82, 2.24) is 8.61 Å². The van der Waals surface area contributed by atoms with Crippen LogP contribution in [-0.4, -0.2) is 37.2 Å². The Balaban J connectivity index is 1.89. The molecule has 1 unspecified atom stereocenters. The fraction of sp³-hybridized carbons (Fsp3) is 0.222. The number of hydrogen-bond donors (Lipinski definition) is 0. The zero-order valence-corrected chi connectivity index (χ0v) is 14.0. The minimum absolute atomic E-state index is 0.136. The molecule has 120 valence electrons. The summed E-state index contributed by atoms with van der Waals surface area (Å²) < 4.78 is 27.8. The van der Waals surface area contributed by atoms with E-state index in [4.69, 9.17) is 0 Å². The van der Waals surface area contributed by atoms with Crippen molar-refractivity contribution in [3.05, 3.63) is 77.9 Å². The Labute approximate surface area is 137 Å². The largest absolute Gasteiger partial charge is 0.282 e. The zero-order valence-electron chi connectivity index (χ0n) is 13.2. The third-order valence-electron chi connectivity index (χ3n) is 3.96. The lowest BCUT2D eigenvalue weighted by molar-refractivity contribution is 0.476. The van der Waals surface area contributed by atoms with Crippen molar-refractivity contribution in [1.29, 1.82) is 0 Å². The molecule has 0 N–H and O–H groups in total. The lowest BCUT2D eigenvalue weighted by atomic mass is 10.1. The van der Waals surface area contributed by atoms with Gasteiger partial charge in [-0.05, 0) is 11.1 Å². The van der Waals surface area contributed by atoms with Gasteiger partial charge in [-0.2, -0.15) is 17.0 Å². The molecule has 1 heterocycles. The molecular formula is C18H20N2O2S. The molecule has 0 aromatic heterocycles. The number of hydrogen-bond acceptors (Lipinski definition) is 2. The first-order valence-electron chi connectivity index (χ1n) is 7.51. The van der Waals surface area contributed by atoms with E-state index < -0.39 is 10.2 Å². The van der Waals surface area contributed by atoms with Crippen LogP contribution in [0, 0.1) is 0 Å². The lowest BCUT2D eigenvalue weighted by Crippen LogP contribution is -2.29. The van der Waals surface area contributed by atoms with Crippen LogP contribution in [0.5, 0.6) is 0 Å². The standard InChI is InChI=1S/C18H20N2O2S/c1-19(2)23(21,22)20-17(14-13-15-9-5-3-6-10-15)18(20)16-11-7-4-8-12-16/h3-14,17-18H,1-2H3/b14-13+/t17-,18-,20?/m1/s1. The smallest absolute Gasteiger partial charge is 0.195 e. The van der Waals surface area contributed by atoms with Gasteiger partial charge < -0.3 is 0 Å². The highest BCUT2D eigenvalue weighted by Crippen LogP contribution is 2.47. The van der Waals surface area contributed by atoms with E-state index in [1.807, 2.05) is 72.8 Å². The van der Waals surface area contributed by atoms with Crippen LogP contribution in [0.3, 0.4) is 0 Å². The van der Waals surface area contributed by atoms with E-state index in [0.717, 1.165) is 11.1 Å². The van der Waals surface area contributed by atoms with E-state index in [1.54, 1.807) is 18.4 Å². The second-order valence-corrected chi connectivity index (χ2v) is 7.78. The third kappa shape index (κ3) is 3.22. The van der Waals surface area contributed by atoms with Gasteiger partial charge in [0.25, 0.3) is 10.2 Å². The summed E-state index contributed by atoms with van der Waals surface area (Å²) in [5.41, 5.74) is 2.08. The molecule has 1 fully saturated rings. The van der Waals surface area contributed by atoms with E-state index in [0.29, 0.717) is 0 Å². The van der Waals surface area contributed by atoms with Crippen molar-refractivity contribution >= 4 is 16.3 Å². The van der Waals surface area contributed by atoms with Gasteiger partial charge in [0.15, 0.2) is 0 Å². The summed E-state index contributed by atoms with van der Waals surface area (Å²) in [5.74, 6) is 0. The highest BCUT2D eigenvalue weighted by molar-refractivity contribution is 7.87. The van der Waals surface area contributed by atoms with Crippen molar-refractivity contribution in [3.63, 3.8) is 0 Å². The van der Waals surface area contributed by atoms with Gasteiger partial charge in [0.1, 0.15) is 0 Å². The van der Waals surface area contributed by atoms with E-state index >= 15 is 0 Å². The van der Waals surface area contributed by atoms with Crippen LogP contribution < -0.4 is 0 Å². The highest BCUT2D eigenvalue weighted by atomic mass is 32.2. The second-order valence-electron chi connectivity index (χ2n) is 5.74. The van der Waals surface area contributed by atoms with E-state index in [1.165, 1.54) is 4.31 Å². The summed E-state index contributed by atoms with van der Waals surface area (Å²) >= 11 is 0. The third-order valence-corrected chi connectivity index (χ3v) is 5.88.